The van der Waals surface area contributed by atoms with Crippen LogP contribution in [-0.4, -0.2) is 46.2 Å². The Morgan fingerprint density at radius 1 is 1.06 bits per heavy atom. The van der Waals surface area contributed by atoms with E-state index < -0.39 is 12.0 Å². The lowest BCUT2D eigenvalue weighted by molar-refractivity contribution is -0.161. The fourth-order valence-corrected chi connectivity index (χ4v) is 8.90. The second-order valence-electron chi connectivity index (χ2n) is 11.5. The topological polar surface area (TPSA) is 119 Å². The second kappa shape index (κ2) is 9.40. The molecule has 4 aliphatic carbocycles. The van der Waals surface area contributed by atoms with Crippen LogP contribution in [0, 0.1) is 34.5 Å². The quantitative estimate of drug-likeness (QED) is 0.505. The Labute approximate surface area is 201 Å². The molecule has 4 fully saturated rings. The number of carbonyl (C=O) groups excluding carboxylic acids is 2. The van der Waals surface area contributed by atoms with Gasteiger partial charge in [0.1, 0.15) is 12.1 Å². The van der Waals surface area contributed by atoms with E-state index in [9.17, 15) is 14.4 Å². The molecule has 0 unspecified atom stereocenters. The normalized spacial score (nSPS) is 42.9. The highest BCUT2D eigenvalue weighted by atomic mass is 32.2. The summed E-state index contributed by atoms with van der Waals surface area (Å²) >= 11 is 0.976. The zero-order valence-electron chi connectivity index (χ0n) is 20.2. The molecule has 0 spiro atoms. The molecule has 4 rings (SSSR count). The van der Waals surface area contributed by atoms with Gasteiger partial charge in [-0.15, -0.1) is 0 Å². The van der Waals surface area contributed by atoms with Crippen LogP contribution < -0.4 is 11.1 Å². The van der Waals surface area contributed by atoms with Crippen LogP contribution in [0.25, 0.3) is 0 Å². The molecule has 7 nitrogen and oxygen atoms in total. The van der Waals surface area contributed by atoms with Crippen molar-refractivity contribution < 1.29 is 24.2 Å². The lowest BCUT2D eigenvalue weighted by Gasteiger charge is -2.61. The average Bonchev–Trinajstić information content (AvgIpc) is 3.08. The van der Waals surface area contributed by atoms with Crippen molar-refractivity contribution in [2.75, 3.05) is 5.75 Å². The van der Waals surface area contributed by atoms with E-state index in [-0.39, 0.29) is 34.5 Å². The first-order valence-electron chi connectivity index (χ1n) is 12.6. The van der Waals surface area contributed by atoms with E-state index in [4.69, 9.17) is 15.6 Å². The van der Waals surface area contributed by atoms with Crippen LogP contribution in [0.5, 0.6) is 0 Å². The maximum absolute atomic E-state index is 12.3. The number of carboxylic acid groups (broad SMARTS) is 1. The maximum atomic E-state index is 12.3. The van der Waals surface area contributed by atoms with E-state index >= 15 is 0 Å². The minimum Gasteiger partial charge on any atom is -0.480 e. The molecule has 1 amide bonds. The number of fused-ring (bicyclic) bond motifs is 5. The lowest BCUT2D eigenvalue weighted by atomic mass is 9.45. The monoisotopic (exact) mass is 480 g/mol. The highest BCUT2D eigenvalue weighted by Crippen LogP contribution is 2.66. The van der Waals surface area contributed by atoms with Gasteiger partial charge >= 0.3 is 11.9 Å². The Morgan fingerprint density at radius 2 is 1.76 bits per heavy atom. The van der Waals surface area contributed by atoms with Gasteiger partial charge in [-0.25, -0.2) is 0 Å². The SMILES string of the molecule is CC(=O)O[C@H]1CC[C@H]2[C@@H]3CC[C@H]4C[C@@H](NC(=O)SC[C@H](N)C(=O)O)CC[C@]4(C)[C@H]3CC[C@]12C. The molecule has 0 bridgehead atoms. The first-order valence-corrected chi connectivity index (χ1v) is 13.6. The van der Waals surface area contributed by atoms with Gasteiger partial charge in [0, 0.05) is 24.1 Å². The Morgan fingerprint density at radius 3 is 2.45 bits per heavy atom. The molecule has 0 radical (unpaired) electrons. The Hall–Kier alpha value is -1.28. The number of hydrogen-bond acceptors (Lipinski definition) is 6. The molecule has 33 heavy (non-hydrogen) atoms. The number of nitrogens with two attached hydrogens (primary N) is 1. The van der Waals surface area contributed by atoms with E-state index in [2.05, 4.69) is 19.2 Å². The van der Waals surface area contributed by atoms with Crippen molar-refractivity contribution >= 4 is 28.9 Å². The van der Waals surface area contributed by atoms with Gasteiger partial charge in [-0.2, -0.15) is 0 Å². The van der Waals surface area contributed by atoms with Gasteiger partial charge in [0.05, 0.1) is 0 Å². The van der Waals surface area contributed by atoms with E-state index in [0.29, 0.717) is 29.1 Å². The number of nitrogens with one attached hydrogen (secondary N) is 1. The van der Waals surface area contributed by atoms with Crippen LogP contribution in [0.2, 0.25) is 0 Å². The van der Waals surface area contributed by atoms with Gasteiger partial charge in [-0.3, -0.25) is 14.4 Å². The Kier molecular flexibility index (Phi) is 7.08. The summed E-state index contributed by atoms with van der Waals surface area (Å²) in [4.78, 5) is 34.9. The summed E-state index contributed by atoms with van der Waals surface area (Å²) in [6.45, 7) is 6.39. The molecular weight excluding hydrogens is 440 g/mol. The van der Waals surface area contributed by atoms with Crippen molar-refractivity contribution in [3.8, 4) is 0 Å². The number of carboxylic acids is 1. The first kappa shape index (κ1) is 24.8. The van der Waals surface area contributed by atoms with E-state index in [1.165, 1.54) is 32.6 Å². The summed E-state index contributed by atoms with van der Waals surface area (Å²) in [7, 11) is 0. The minimum absolute atomic E-state index is 0.0733. The molecule has 0 saturated heterocycles. The third-order valence-electron chi connectivity index (χ3n) is 9.92. The van der Waals surface area contributed by atoms with Crippen molar-refractivity contribution in [3.63, 3.8) is 0 Å². The number of amides is 1. The van der Waals surface area contributed by atoms with E-state index in [1.807, 2.05) is 0 Å². The third kappa shape index (κ3) is 4.66. The van der Waals surface area contributed by atoms with Gasteiger partial charge in [0.15, 0.2) is 0 Å². The number of esters is 1. The van der Waals surface area contributed by atoms with Crippen molar-refractivity contribution in [2.45, 2.75) is 96.7 Å². The first-order chi connectivity index (χ1) is 15.5. The predicted molar refractivity (Wildman–Crippen MR) is 128 cm³/mol. The van der Waals surface area contributed by atoms with Crippen molar-refractivity contribution in [1.29, 1.82) is 0 Å². The van der Waals surface area contributed by atoms with E-state index in [1.54, 1.807) is 0 Å². The minimum atomic E-state index is -1.08. The van der Waals surface area contributed by atoms with E-state index in [0.717, 1.165) is 43.9 Å². The largest absolute Gasteiger partial charge is 0.480 e. The number of aliphatic carboxylic acids is 1. The maximum Gasteiger partial charge on any atom is 0.321 e. The van der Waals surface area contributed by atoms with Gasteiger partial charge in [-0.1, -0.05) is 25.6 Å². The number of thioether (sulfide) groups is 1. The van der Waals surface area contributed by atoms with Crippen LogP contribution >= 0.6 is 11.8 Å². The predicted octanol–water partition coefficient (Wildman–Crippen LogP) is 4.18. The lowest BCUT2D eigenvalue weighted by Crippen LogP contribution is -2.55. The zero-order valence-corrected chi connectivity index (χ0v) is 21.0. The van der Waals surface area contributed by atoms with Gasteiger partial charge in [-0.05, 0) is 86.9 Å². The van der Waals surface area contributed by atoms with Gasteiger partial charge in [0.25, 0.3) is 5.24 Å². The number of hydrogen-bond donors (Lipinski definition) is 3. The second-order valence-corrected chi connectivity index (χ2v) is 12.5. The highest BCUT2D eigenvalue weighted by Gasteiger charge is 2.61. The highest BCUT2D eigenvalue weighted by molar-refractivity contribution is 8.13. The molecule has 4 N–H and O–H groups in total. The summed E-state index contributed by atoms with van der Waals surface area (Å²) in [6, 6.07) is -0.854. The van der Waals surface area contributed by atoms with Crippen LogP contribution in [0.4, 0.5) is 4.79 Å². The molecule has 0 heterocycles. The van der Waals surface area contributed by atoms with Gasteiger partial charge < -0.3 is 20.9 Å². The summed E-state index contributed by atoms with van der Waals surface area (Å²) in [5, 5.41) is 11.9. The number of ether oxygens (including phenoxy) is 1. The Bertz CT molecular complexity index is 793. The number of rotatable bonds is 5. The van der Waals surface area contributed by atoms with Crippen molar-refractivity contribution in [1.82, 2.24) is 5.32 Å². The fourth-order valence-electron chi connectivity index (χ4n) is 8.18. The van der Waals surface area contributed by atoms with Crippen LogP contribution in [0.15, 0.2) is 0 Å². The number of carbonyl (C=O) groups is 3. The van der Waals surface area contributed by atoms with Crippen molar-refractivity contribution in [3.05, 3.63) is 0 Å². The summed E-state index contributed by atoms with van der Waals surface area (Å²) in [5.74, 6) is 1.54. The summed E-state index contributed by atoms with van der Waals surface area (Å²) in [5.41, 5.74) is 5.95. The van der Waals surface area contributed by atoms with Crippen molar-refractivity contribution in [2.24, 2.45) is 40.2 Å². The molecule has 0 aromatic rings. The molecule has 186 valence electrons. The smallest absolute Gasteiger partial charge is 0.321 e. The zero-order chi connectivity index (χ0) is 24.0. The summed E-state index contributed by atoms with van der Waals surface area (Å²) in [6.07, 6.45) is 10.1. The third-order valence-corrected chi connectivity index (χ3v) is 10.8. The molecular formula is C25H40N2O5S. The molecule has 0 aromatic carbocycles. The summed E-state index contributed by atoms with van der Waals surface area (Å²) < 4.78 is 5.77. The van der Waals surface area contributed by atoms with Crippen LogP contribution in [-0.2, 0) is 14.3 Å². The van der Waals surface area contributed by atoms with Gasteiger partial charge in [0.2, 0.25) is 0 Å². The molecule has 0 aliphatic heterocycles. The standard InChI is InChI=1S/C25H40N2O5S/c1-14(28)32-21-7-6-18-17-5-4-15-12-16(27-23(31)33-13-20(26)22(29)30)8-10-24(15,2)19(17)9-11-25(18,21)3/h15-21H,4-13,26H2,1-3H3,(H,27,31)(H,29,30)/t15-,16-,17-,18-,19-,20-,21-,24-,25-/m0/s1. The fraction of sp³-hybridized carbons (Fsp3) is 0.880. The van der Waals surface area contributed by atoms with Crippen LogP contribution in [0.3, 0.4) is 0 Å². The molecule has 4 aliphatic rings. The molecule has 0 aromatic heterocycles. The molecule has 8 heteroatoms. The Balaban J connectivity index is 1.36. The molecule has 9 atom stereocenters. The van der Waals surface area contributed by atoms with Crippen LogP contribution in [0.1, 0.15) is 78.6 Å². The average molecular weight is 481 g/mol. The molecule has 4 saturated carbocycles.